The van der Waals surface area contributed by atoms with Gasteiger partial charge in [-0.3, -0.25) is 9.59 Å². The average molecular weight is 363 g/mol. The standard InChI is InChI=1S/C17H12Cl2N2O3/c1-10(22)21-15(23)17(20-16(21)24,11-2-6-13(18)7-3-11)12-4-8-14(19)9-5-12/h2-9H,1H3,(H,20,24). The van der Waals surface area contributed by atoms with Crippen LogP contribution in [0.3, 0.4) is 0 Å². The molecule has 1 fully saturated rings. The number of amides is 4. The maximum absolute atomic E-state index is 13.0. The van der Waals surface area contributed by atoms with Crippen LogP contribution in [-0.2, 0) is 15.1 Å². The van der Waals surface area contributed by atoms with Gasteiger partial charge < -0.3 is 5.32 Å². The molecule has 0 spiro atoms. The Morgan fingerprint density at radius 3 is 1.67 bits per heavy atom. The number of nitrogens with zero attached hydrogens (tertiary/aromatic N) is 1. The Morgan fingerprint density at radius 1 is 0.917 bits per heavy atom. The minimum absolute atomic E-state index is 0.491. The van der Waals surface area contributed by atoms with E-state index in [1.165, 1.54) is 0 Å². The summed E-state index contributed by atoms with van der Waals surface area (Å²) in [5.41, 5.74) is -0.509. The zero-order valence-corrected chi connectivity index (χ0v) is 14.1. The van der Waals surface area contributed by atoms with E-state index < -0.39 is 23.4 Å². The Kier molecular flexibility index (Phi) is 4.07. The lowest BCUT2D eigenvalue weighted by Gasteiger charge is -2.27. The van der Waals surface area contributed by atoms with Crippen LogP contribution in [0.2, 0.25) is 10.0 Å². The fraction of sp³-hybridized carbons (Fsp3) is 0.118. The van der Waals surface area contributed by atoms with E-state index in [0.717, 1.165) is 6.92 Å². The minimum Gasteiger partial charge on any atom is -0.315 e. The summed E-state index contributed by atoms with van der Waals surface area (Å²) in [5, 5.41) is 3.63. The first-order chi connectivity index (χ1) is 11.4. The van der Waals surface area contributed by atoms with Crippen molar-refractivity contribution < 1.29 is 14.4 Å². The fourth-order valence-electron chi connectivity index (χ4n) is 2.77. The first-order valence-corrected chi connectivity index (χ1v) is 7.81. The maximum atomic E-state index is 13.0. The van der Waals surface area contributed by atoms with E-state index in [2.05, 4.69) is 5.32 Å². The van der Waals surface area contributed by atoms with Gasteiger partial charge in [0.15, 0.2) is 5.54 Å². The molecule has 1 heterocycles. The molecule has 2 aromatic rings. The van der Waals surface area contributed by atoms with E-state index in [1.54, 1.807) is 48.5 Å². The lowest BCUT2D eigenvalue weighted by Crippen LogP contribution is -2.45. The summed E-state index contributed by atoms with van der Waals surface area (Å²) in [6, 6.07) is 12.2. The summed E-state index contributed by atoms with van der Waals surface area (Å²) in [5.74, 6) is -1.31. The predicted molar refractivity (Wildman–Crippen MR) is 89.7 cm³/mol. The van der Waals surface area contributed by atoms with Crippen LogP contribution in [0.15, 0.2) is 48.5 Å². The van der Waals surface area contributed by atoms with Crippen LogP contribution in [0.5, 0.6) is 0 Å². The van der Waals surface area contributed by atoms with Crippen molar-refractivity contribution in [2.75, 3.05) is 0 Å². The smallest absolute Gasteiger partial charge is 0.315 e. The van der Waals surface area contributed by atoms with Crippen LogP contribution in [0.4, 0.5) is 4.79 Å². The summed E-state index contributed by atoms with van der Waals surface area (Å²) >= 11 is 11.8. The first kappa shape index (κ1) is 16.5. The molecular formula is C17H12Cl2N2O3. The topological polar surface area (TPSA) is 66.5 Å². The zero-order valence-electron chi connectivity index (χ0n) is 12.5. The van der Waals surface area contributed by atoms with Crippen LogP contribution in [0, 0.1) is 0 Å². The molecule has 0 aromatic heterocycles. The van der Waals surface area contributed by atoms with Crippen LogP contribution in [0.1, 0.15) is 18.1 Å². The number of carbonyl (C=O) groups is 3. The Morgan fingerprint density at radius 2 is 1.33 bits per heavy atom. The van der Waals surface area contributed by atoms with Gasteiger partial charge in [-0.1, -0.05) is 47.5 Å². The van der Waals surface area contributed by atoms with Gasteiger partial charge in [-0.05, 0) is 35.4 Å². The Labute approximate surface area is 148 Å². The summed E-state index contributed by atoms with van der Waals surface area (Å²) in [6.07, 6.45) is 0. The highest BCUT2D eigenvalue weighted by Crippen LogP contribution is 2.37. The van der Waals surface area contributed by atoms with E-state index in [0.29, 0.717) is 26.1 Å². The van der Waals surface area contributed by atoms with Crippen molar-refractivity contribution in [3.8, 4) is 0 Å². The highest BCUT2D eigenvalue weighted by atomic mass is 35.5. The third kappa shape index (κ3) is 2.46. The highest BCUT2D eigenvalue weighted by molar-refractivity contribution is 6.31. The van der Waals surface area contributed by atoms with Crippen LogP contribution < -0.4 is 5.32 Å². The molecule has 2 aromatic carbocycles. The predicted octanol–water partition coefficient (Wildman–Crippen LogP) is 3.34. The summed E-state index contributed by atoms with van der Waals surface area (Å²) in [6.45, 7) is 1.16. The molecule has 0 aliphatic carbocycles. The van der Waals surface area contributed by atoms with Gasteiger partial charge in [0.25, 0.3) is 5.91 Å². The molecular weight excluding hydrogens is 351 g/mol. The second-order valence-electron chi connectivity index (χ2n) is 5.35. The number of hydrogen-bond acceptors (Lipinski definition) is 3. The van der Waals surface area contributed by atoms with Gasteiger partial charge >= 0.3 is 6.03 Å². The zero-order chi connectivity index (χ0) is 17.5. The lowest BCUT2D eigenvalue weighted by molar-refractivity contribution is -0.139. The van der Waals surface area contributed by atoms with Crippen molar-refractivity contribution >= 4 is 41.0 Å². The molecule has 0 bridgehead atoms. The van der Waals surface area contributed by atoms with E-state index in [9.17, 15) is 14.4 Å². The number of urea groups is 1. The van der Waals surface area contributed by atoms with E-state index in [1.807, 2.05) is 0 Å². The summed E-state index contributed by atoms with van der Waals surface area (Å²) < 4.78 is 0. The van der Waals surface area contributed by atoms with Crippen molar-refractivity contribution in [3.05, 3.63) is 69.7 Å². The Balaban J connectivity index is 2.24. The van der Waals surface area contributed by atoms with Crippen molar-refractivity contribution in [2.24, 2.45) is 0 Å². The van der Waals surface area contributed by atoms with Gasteiger partial charge in [0, 0.05) is 17.0 Å². The van der Waals surface area contributed by atoms with Crippen LogP contribution >= 0.6 is 23.2 Å². The molecule has 3 rings (SSSR count). The number of halogens is 2. The van der Waals surface area contributed by atoms with Crippen LogP contribution in [-0.4, -0.2) is 22.7 Å². The molecule has 5 nitrogen and oxygen atoms in total. The molecule has 0 atom stereocenters. The number of rotatable bonds is 2. The number of carbonyl (C=O) groups excluding carboxylic acids is 3. The van der Waals surface area contributed by atoms with E-state index >= 15 is 0 Å². The van der Waals surface area contributed by atoms with Gasteiger partial charge in [-0.2, -0.15) is 4.90 Å². The normalized spacial score (nSPS) is 16.2. The minimum atomic E-state index is -1.50. The molecule has 1 saturated heterocycles. The quantitative estimate of drug-likeness (QED) is 0.833. The lowest BCUT2D eigenvalue weighted by atomic mass is 9.82. The second-order valence-corrected chi connectivity index (χ2v) is 6.23. The average Bonchev–Trinajstić information content (AvgIpc) is 2.80. The van der Waals surface area contributed by atoms with Crippen molar-refractivity contribution in [1.29, 1.82) is 0 Å². The van der Waals surface area contributed by atoms with Gasteiger partial charge in [-0.25, -0.2) is 4.79 Å². The third-order valence-electron chi connectivity index (χ3n) is 3.89. The van der Waals surface area contributed by atoms with Gasteiger partial charge in [-0.15, -0.1) is 0 Å². The number of benzene rings is 2. The summed E-state index contributed by atoms with van der Waals surface area (Å²) in [7, 11) is 0. The molecule has 7 heteroatoms. The molecule has 24 heavy (non-hydrogen) atoms. The SMILES string of the molecule is CC(=O)N1C(=O)NC(c2ccc(Cl)cc2)(c2ccc(Cl)cc2)C1=O. The Hall–Kier alpha value is -2.37. The van der Waals surface area contributed by atoms with E-state index in [-0.39, 0.29) is 0 Å². The number of nitrogens with one attached hydrogen (secondary N) is 1. The second kappa shape index (κ2) is 5.92. The summed E-state index contributed by atoms with van der Waals surface area (Å²) in [4.78, 5) is 37.6. The number of imide groups is 3. The first-order valence-electron chi connectivity index (χ1n) is 7.05. The van der Waals surface area contributed by atoms with Crippen molar-refractivity contribution in [3.63, 3.8) is 0 Å². The highest BCUT2D eigenvalue weighted by Gasteiger charge is 2.55. The van der Waals surface area contributed by atoms with E-state index in [4.69, 9.17) is 23.2 Å². The molecule has 0 saturated carbocycles. The van der Waals surface area contributed by atoms with Gasteiger partial charge in [0.05, 0.1) is 0 Å². The van der Waals surface area contributed by atoms with Gasteiger partial charge in [0.1, 0.15) is 0 Å². The number of hydrogen-bond donors (Lipinski definition) is 1. The molecule has 4 amide bonds. The van der Waals surface area contributed by atoms with Gasteiger partial charge in [0.2, 0.25) is 5.91 Å². The third-order valence-corrected chi connectivity index (χ3v) is 4.39. The molecule has 1 aliphatic heterocycles. The Bertz CT molecular complexity index is 786. The molecule has 0 radical (unpaired) electrons. The monoisotopic (exact) mass is 362 g/mol. The van der Waals surface area contributed by atoms with Crippen LogP contribution in [0.25, 0.3) is 0 Å². The maximum Gasteiger partial charge on any atom is 0.332 e. The fourth-order valence-corrected chi connectivity index (χ4v) is 3.03. The molecule has 0 unspecified atom stereocenters. The molecule has 122 valence electrons. The van der Waals surface area contributed by atoms with Crippen molar-refractivity contribution in [1.82, 2.24) is 10.2 Å². The molecule has 1 aliphatic rings. The largest absolute Gasteiger partial charge is 0.332 e. The van der Waals surface area contributed by atoms with Crippen molar-refractivity contribution in [2.45, 2.75) is 12.5 Å². The molecule has 1 N–H and O–H groups in total.